The predicted molar refractivity (Wildman–Crippen MR) is 171 cm³/mol. The molecule has 0 saturated carbocycles. The molecule has 0 amide bonds. The van der Waals surface area contributed by atoms with Gasteiger partial charge in [-0.05, 0) is 91.9 Å². The van der Waals surface area contributed by atoms with E-state index >= 15 is 0 Å². The maximum Gasteiger partial charge on any atom is 0.166 e. The van der Waals surface area contributed by atoms with Crippen LogP contribution in [0.5, 0.6) is 0 Å². The molecule has 2 nitrogen and oxygen atoms in total. The van der Waals surface area contributed by atoms with Gasteiger partial charge in [0.05, 0.1) is 0 Å². The maximum absolute atomic E-state index is 13.1. The molecule has 6 heteroatoms. The summed E-state index contributed by atoms with van der Waals surface area (Å²) in [7, 11) is 0. The van der Waals surface area contributed by atoms with Crippen molar-refractivity contribution in [1.82, 2.24) is 0 Å². The average molecular weight is 622 g/mol. The van der Waals surface area contributed by atoms with E-state index in [0.29, 0.717) is 44.3 Å². The largest absolute Gasteiger partial charge is 0.481 e. The molecule has 0 aliphatic carbocycles. The third-order valence-electron chi connectivity index (χ3n) is 7.57. The van der Waals surface area contributed by atoms with E-state index in [1.165, 1.54) is 0 Å². The van der Waals surface area contributed by atoms with Crippen molar-refractivity contribution >= 4 is 57.8 Å². The van der Waals surface area contributed by atoms with E-state index < -0.39 is 5.60 Å². The summed E-state index contributed by atoms with van der Waals surface area (Å²) < 4.78 is 6.76. The second-order valence-electron chi connectivity index (χ2n) is 10.1. The van der Waals surface area contributed by atoms with Crippen molar-refractivity contribution in [1.29, 1.82) is 0 Å². The first kappa shape index (κ1) is 29.5. The van der Waals surface area contributed by atoms with Crippen molar-refractivity contribution < 1.29 is 9.53 Å². The lowest BCUT2D eigenvalue weighted by Crippen LogP contribution is -2.36. The summed E-state index contributed by atoms with van der Waals surface area (Å²) >= 11 is 25.0. The van der Waals surface area contributed by atoms with E-state index in [0.717, 1.165) is 27.8 Å². The Balaban J connectivity index is 1.60. The fourth-order valence-electron chi connectivity index (χ4n) is 5.79. The maximum atomic E-state index is 13.1. The van der Waals surface area contributed by atoms with Crippen LogP contribution in [0.1, 0.15) is 48.9 Å². The lowest BCUT2D eigenvalue weighted by molar-refractivity contribution is -0.114. The number of hydrogen-bond acceptors (Lipinski definition) is 2. The summed E-state index contributed by atoms with van der Waals surface area (Å²) in [5.41, 5.74) is 4.76. The van der Waals surface area contributed by atoms with Crippen LogP contribution in [0, 0.1) is 5.92 Å². The molecule has 0 radical (unpaired) electrons. The van der Waals surface area contributed by atoms with E-state index in [2.05, 4.69) is 6.08 Å². The average Bonchev–Trinajstić information content (AvgIpc) is 3.26. The lowest BCUT2D eigenvalue weighted by atomic mass is 9.71. The zero-order valence-corrected chi connectivity index (χ0v) is 25.7. The SMILES string of the molecule is CC(=O)C1=C(C)OC(c2ccc(Cl)cc2)(c2ccc(Cl)cc2)C1CCC=C(c1ccc(Cl)cc1)c1ccc(Cl)cc1. The van der Waals surface area contributed by atoms with Crippen LogP contribution in [0.3, 0.4) is 0 Å². The molecule has 0 bridgehead atoms. The van der Waals surface area contributed by atoms with Crippen molar-refractivity contribution in [3.05, 3.63) is 157 Å². The molecule has 4 aromatic rings. The van der Waals surface area contributed by atoms with E-state index in [-0.39, 0.29) is 11.7 Å². The van der Waals surface area contributed by atoms with Crippen LogP contribution in [-0.4, -0.2) is 5.78 Å². The van der Waals surface area contributed by atoms with Gasteiger partial charge in [0, 0.05) is 42.7 Å². The van der Waals surface area contributed by atoms with E-state index in [1.54, 1.807) is 6.92 Å². The van der Waals surface area contributed by atoms with Crippen LogP contribution >= 0.6 is 46.4 Å². The number of benzene rings is 4. The summed E-state index contributed by atoms with van der Waals surface area (Å²) in [4.78, 5) is 13.1. The highest BCUT2D eigenvalue weighted by Crippen LogP contribution is 2.53. The number of halogens is 4. The van der Waals surface area contributed by atoms with Crippen molar-refractivity contribution in [2.45, 2.75) is 32.3 Å². The Hall–Kier alpha value is -3.01. The van der Waals surface area contributed by atoms with Gasteiger partial charge in [-0.15, -0.1) is 0 Å². The van der Waals surface area contributed by atoms with Gasteiger partial charge in [-0.25, -0.2) is 0 Å². The Bertz CT molecular complexity index is 1510. The Morgan fingerprint density at radius 2 is 1.10 bits per heavy atom. The Kier molecular flexibility index (Phi) is 8.97. The number of rotatable bonds is 8. The van der Waals surface area contributed by atoms with Crippen LogP contribution in [0.2, 0.25) is 20.1 Å². The Labute approximate surface area is 261 Å². The summed E-state index contributed by atoms with van der Waals surface area (Å²) in [5, 5.41) is 2.61. The van der Waals surface area contributed by atoms with E-state index in [4.69, 9.17) is 51.1 Å². The van der Waals surface area contributed by atoms with Crippen LogP contribution in [-0.2, 0) is 15.1 Å². The molecule has 208 valence electrons. The molecule has 0 N–H and O–H groups in total. The molecule has 1 aliphatic heterocycles. The van der Waals surface area contributed by atoms with Gasteiger partial charge in [0.2, 0.25) is 0 Å². The lowest BCUT2D eigenvalue weighted by Gasteiger charge is -2.37. The fourth-order valence-corrected chi connectivity index (χ4v) is 6.30. The minimum atomic E-state index is -0.922. The number of hydrogen-bond donors (Lipinski definition) is 0. The molecule has 41 heavy (non-hydrogen) atoms. The molecule has 1 unspecified atom stereocenters. The molecular weight excluding hydrogens is 594 g/mol. The first-order valence-corrected chi connectivity index (χ1v) is 14.8. The highest BCUT2D eigenvalue weighted by molar-refractivity contribution is 6.31. The van der Waals surface area contributed by atoms with Gasteiger partial charge in [0.25, 0.3) is 0 Å². The van der Waals surface area contributed by atoms with Crippen LogP contribution in [0.4, 0.5) is 0 Å². The monoisotopic (exact) mass is 620 g/mol. The predicted octanol–water partition coefficient (Wildman–Crippen LogP) is 11.0. The smallest absolute Gasteiger partial charge is 0.166 e. The number of allylic oxidation sites excluding steroid dienone is 2. The molecule has 0 saturated heterocycles. The van der Waals surface area contributed by atoms with Gasteiger partial charge in [-0.2, -0.15) is 0 Å². The summed E-state index contributed by atoms with van der Waals surface area (Å²) in [6, 6.07) is 30.9. The van der Waals surface area contributed by atoms with Crippen molar-refractivity contribution in [3.8, 4) is 0 Å². The van der Waals surface area contributed by atoms with Crippen molar-refractivity contribution in [2.24, 2.45) is 5.92 Å². The Morgan fingerprint density at radius 3 is 1.49 bits per heavy atom. The van der Waals surface area contributed by atoms with Gasteiger partial charge in [0.15, 0.2) is 11.4 Å². The molecule has 4 aromatic carbocycles. The summed E-state index contributed by atoms with van der Waals surface area (Å²) in [6.45, 7) is 3.48. The molecule has 1 aliphatic rings. The van der Waals surface area contributed by atoms with Crippen LogP contribution in [0.25, 0.3) is 5.57 Å². The number of carbonyl (C=O) groups is 1. The number of ketones is 1. The summed E-state index contributed by atoms with van der Waals surface area (Å²) in [6.07, 6.45) is 3.55. The molecule has 0 aromatic heterocycles. The molecule has 1 atom stereocenters. The van der Waals surface area contributed by atoms with Gasteiger partial charge < -0.3 is 4.74 Å². The Morgan fingerprint density at radius 1 is 0.707 bits per heavy atom. The fraction of sp³-hybridized carbons (Fsp3) is 0.171. The molecule has 0 spiro atoms. The summed E-state index contributed by atoms with van der Waals surface area (Å²) in [5.74, 6) is 0.374. The van der Waals surface area contributed by atoms with Gasteiger partial charge in [0.1, 0.15) is 5.76 Å². The molecule has 5 rings (SSSR count). The minimum absolute atomic E-state index is 0.00286. The van der Waals surface area contributed by atoms with Crippen LogP contribution in [0.15, 0.2) is 114 Å². The number of Topliss-reactive ketones (excluding diaryl/α,β-unsaturated/α-hetero) is 1. The highest BCUT2D eigenvalue weighted by Gasteiger charge is 2.52. The van der Waals surface area contributed by atoms with Gasteiger partial charge in [-0.3, -0.25) is 4.79 Å². The van der Waals surface area contributed by atoms with E-state index in [1.807, 2.05) is 104 Å². The van der Waals surface area contributed by atoms with Crippen LogP contribution < -0.4 is 0 Å². The number of carbonyl (C=O) groups excluding carboxylic acids is 1. The standard InChI is InChI=1S/C35H28Cl4O2/c1-22(40)34-23(2)41-35(26-10-18-30(38)19-11-26,27-12-20-31(39)21-13-27)33(34)5-3-4-32(24-6-14-28(36)15-7-24)25-8-16-29(37)17-9-25/h4,6-21,33H,3,5H2,1-2H3. The molecule has 0 fully saturated rings. The molecule has 1 heterocycles. The topological polar surface area (TPSA) is 26.3 Å². The number of ether oxygens (including phenoxy) is 1. The quantitative estimate of drug-likeness (QED) is 0.196. The van der Waals surface area contributed by atoms with Crippen molar-refractivity contribution in [2.75, 3.05) is 0 Å². The minimum Gasteiger partial charge on any atom is -0.481 e. The van der Waals surface area contributed by atoms with Gasteiger partial charge in [-0.1, -0.05) is 101 Å². The first-order valence-electron chi connectivity index (χ1n) is 13.3. The first-order chi connectivity index (χ1) is 19.7. The normalized spacial score (nSPS) is 15.9. The second-order valence-corrected chi connectivity index (χ2v) is 11.9. The van der Waals surface area contributed by atoms with Crippen molar-refractivity contribution in [3.63, 3.8) is 0 Å². The third-order valence-corrected chi connectivity index (χ3v) is 8.58. The van der Waals surface area contributed by atoms with E-state index in [9.17, 15) is 4.79 Å². The molecular formula is C35H28Cl4O2. The highest BCUT2D eigenvalue weighted by atomic mass is 35.5. The zero-order valence-electron chi connectivity index (χ0n) is 22.6. The zero-order chi connectivity index (χ0) is 29.1. The van der Waals surface area contributed by atoms with Gasteiger partial charge >= 0.3 is 0 Å². The second kappa shape index (κ2) is 12.5. The third kappa shape index (κ3) is 6.12.